The van der Waals surface area contributed by atoms with Crippen LogP contribution in [0.3, 0.4) is 0 Å². The molecule has 1 aromatic carbocycles. The Labute approximate surface area is 166 Å². The first-order valence-electron chi connectivity index (χ1n) is 9.69. The first kappa shape index (κ1) is 20.3. The van der Waals surface area contributed by atoms with E-state index in [4.69, 9.17) is 4.74 Å². The zero-order valence-corrected chi connectivity index (χ0v) is 16.8. The summed E-state index contributed by atoms with van der Waals surface area (Å²) in [5, 5.41) is 13.2. The second-order valence-corrected chi connectivity index (χ2v) is 8.35. The summed E-state index contributed by atoms with van der Waals surface area (Å²) in [6.07, 6.45) is -0.240. The number of nitrogens with one attached hydrogen (secondary N) is 1. The molecule has 150 valence electrons. The molecule has 1 fully saturated rings. The zero-order valence-electron chi connectivity index (χ0n) is 16.8. The number of amides is 1. The average Bonchev–Trinajstić information content (AvgIpc) is 2.93. The van der Waals surface area contributed by atoms with E-state index < -0.39 is 11.7 Å². The molecule has 0 bridgehead atoms. The van der Waals surface area contributed by atoms with Crippen LogP contribution in [0.1, 0.15) is 32.0 Å². The Bertz CT molecular complexity index is 789. The molecule has 0 radical (unpaired) electrons. The standard InChI is InChI=1S/C22H29N3O3/c1-22(2,3)28-21(27)24-20-11-7-10-18(23-20)12-17-14-25(15-19(17)26)13-16-8-5-4-6-9-16/h4-11,17,19,26H,12-15H2,1-3H3,(H,23,24,27). The van der Waals surface area contributed by atoms with Gasteiger partial charge < -0.3 is 9.84 Å². The van der Waals surface area contributed by atoms with E-state index in [9.17, 15) is 9.90 Å². The molecule has 2 N–H and O–H groups in total. The summed E-state index contributed by atoms with van der Waals surface area (Å²) < 4.78 is 5.27. The minimum atomic E-state index is -0.558. The van der Waals surface area contributed by atoms with E-state index >= 15 is 0 Å². The predicted molar refractivity (Wildman–Crippen MR) is 109 cm³/mol. The third-order valence-electron chi connectivity index (χ3n) is 4.64. The number of likely N-dealkylation sites (tertiary alicyclic amines) is 1. The quantitative estimate of drug-likeness (QED) is 0.827. The van der Waals surface area contributed by atoms with Crippen molar-refractivity contribution in [3.8, 4) is 0 Å². The fourth-order valence-corrected chi connectivity index (χ4v) is 3.45. The number of benzene rings is 1. The third kappa shape index (κ3) is 6.04. The largest absolute Gasteiger partial charge is 0.444 e. The van der Waals surface area contributed by atoms with Crippen LogP contribution >= 0.6 is 0 Å². The van der Waals surface area contributed by atoms with Gasteiger partial charge in [-0.1, -0.05) is 36.4 Å². The second-order valence-electron chi connectivity index (χ2n) is 8.35. The number of β-amino-alcohol motifs (C(OH)–C–C–N with tert-alkyl or cyclic N) is 1. The second kappa shape index (κ2) is 8.71. The average molecular weight is 383 g/mol. The molecule has 2 unspecified atom stereocenters. The van der Waals surface area contributed by atoms with Gasteiger partial charge in [-0.2, -0.15) is 0 Å². The lowest BCUT2D eigenvalue weighted by Gasteiger charge is -2.19. The summed E-state index contributed by atoms with van der Waals surface area (Å²) in [5.74, 6) is 0.577. The smallest absolute Gasteiger partial charge is 0.413 e. The lowest BCUT2D eigenvalue weighted by Crippen LogP contribution is -2.27. The van der Waals surface area contributed by atoms with Crippen LogP contribution in [0.5, 0.6) is 0 Å². The Morgan fingerprint density at radius 3 is 2.64 bits per heavy atom. The van der Waals surface area contributed by atoms with Crippen molar-refractivity contribution in [1.82, 2.24) is 9.88 Å². The van der Waals surface area contributed by atoms with Crippen LogP contribution in [0.2, 0.25) is 0 Å². The Balaban J connectivity index is 1.57. The predicted octanol–water partition coefficient (Wildman–Crippen LogP) is 3.46. The van der Waals surface area contributed by atoms with Crippen LogP contribution in [0.25, 0.3) is 0 Å². The van der Waals surface area contributed by atoms with E-state index in [2.05, 4.69) is 27.3 Å². The minimum Gasteiger partial charge on any atom is -0.444 e. The van der Waals surface area contributed by atoms with Gasteiger partial charge in [0.15, 0.2) is 0 Å². The maximum Gasteiger partial charge on any atom is 0.413 e. The van der Waals surface area contributed by atoms with E-state index in [1.807, 2.05) is 51.1 Å². The highest BCUT2D eigenvalue weighted by Crippen LogP contribution is 2.23. The lowest BCUT2D eigenvalue weighted by molar-refractivity contribution is 0.0635. The van der Waals surface area contributed by atoms with Gasteiger partial charge in [-0.3, -0.25) is 10.2 Å². The van der Waals surface area contributed by atoms with Gasteiger partial charge in [-0.15, -0.1) is 0 Å². The Morgan fingerprint density at radius 1 is 1.18 bits per heavy atom. The maximum absolute atomic E-state index is 11.9. The van der Waals surface area contributed by atoms with Crippen molar-refractivity contribution in [3.05, 3.63) is 59.8 Å². The topological polar surface area (TPSA) is 74.7 Å². The van der Waals surface area contributed by atoms with E-state index in [1.54, 1.807) is 6.07 Å². The van der Waals surface area contributed by atoms with Gasteiger partial charge in [0.05, 0.1) is 6.10 Å². The molecular formula is C22H29N3O3. The van der Waals surface area contributed by atoms with Gasteiger partial charge >= 0.3 is 6.09 Å². The fourth-order valence-electron chi connectivity index (χ4n) is 3.45. The molecule has 1 amide bonds. The minimum absolute atomic E-state index is 0.119. The van der Waals surface area contributed by atoms with Gasteiger partial charge in [0, 0.05) is 31.2 Å². The molecule has 1 aliphatic rings. The van der Waals surface area contributed by atoms with Gasteiger partial charge in [0.1, 0.15) is 11.4 Å². The third-order valence-corrected chi connectivity index (χ3v) is 4.64. The van der Waals surface area contributed by atoms with Crippen molar-refractivity contribution in [3.63, 3.8) is 0 Å². The first-order chi connectivity index (χ1) is 13.3. The molecule has 0 spiro atoms. The SMILES string of the molecule is CC(C)(C)OC(=O)Nc1cccc(CC2CN(Cc3ccccc3)CC2O)n1. The summed E-state index contributed by atoms with van der Waals surface area (Å²) in [7, 11) is 0. The molecule has 2 heterocycles. The number of nitrogens with zero attached hydrogens (tertiary/aromatic N) is 2. The van der Waals surface area contributed by atoms with Crippen molar-refractivity contribution in [2.45, 2.75) is 45.4 Å². The normalized spacial score (nSPS) is 20.1. The number of hydrogen-bond donors (Lipinski definition) is 2. The van der Waals surface area contributed by atoms with Crippen molar-refractivity contribution in [2.75, 3.05) is 18.4 Å². The zero-order chi connectivity index (χ0) is 20.1. The molecule has 28 heavy (non-hydrogen) atoms. The molecule has 6 nitrogen and oxygen atoms in total. The Morgan fingerprint density at radius 2 is 1.93 bits per heavy atom. The monoisotopic (exact) mass is 383 g/mol. The summed E-state index contributed by atoms with van der Waals surface area (Å²) >= 11 is 0. The van der Waals surface area contributed by atoms with Crippen molar-refractivity contribution in [1.29, 1.82) is 0 Å². The Hall–Kier alpha value is -2.44. The van der Waals surface area contributed by atoms with Crippen LogP contribution in [0.4, 0.5) is 10.6 Å². The number of rotatable bonds is 5. The highest BCUT2D eigenvalue weighted by molar-refractivity contribution is 5.83. The van der Waals surface area contributed by atoms with E-state index in [1.165, 1.54) is 5.56 Å². The maximum atomic E-state index is 11.9. The highest BCUT2D eigenvalue weighted by Gasteiger charge is 2.31. The van der Waals surface area contributed by atoms with Crippen LogP contribution in [-0.4, -0.2) is 45.9 Å². The number of aromatic nitrogens is 1. The van der Waals surface area contributed by atoms with Crippen LogP contribution in [0.15, 0.2) is 48.5 Å². The lowest BCUT2D eigenvalue weighted by atomic mass is 10.00. The highest BCUT2D eigenvalue weighted by atomic mass is 16.6. The number of pyridine rings is 1. The van der Waals surface area contributed by atoms with Crippen molar-refractivity contribution < 1.29 is 14.6 Å². The molecule has 1 aromatic heterocycles. The summed E-state index contributed by atoms with van der Waals surface area (Å²) in [5.41, 5.74) is 1.54. The number of hydrogen-bond acceptors (Lipinski definition) is 5. The molecule has 2 aromatic rings. The number of ether oxygens (including phenoxy) is 1. The van der Waals surface area contributed by atoms with Crippen LogP contribution in [0, 0.1) is 5.92 Å². The van der Waals surface area contributed by atoms with Crippen molar-refractivity contribution >= 4 is 11.9 Å². The molecule has 2 atom stereocenters. The fraction of sp³-hybridized carbons (Fsp3) is 0.455. The number of carbonyl (C=O) groups is 1. The first-order valence-corrected chi connectivity index (χ1v) is 9.69. The van der Waals surface area contributed by atoms with Gasteiger partial charge in [0.2, 0.25) is 0 Å². The summed E-state index contributed by atoms with van der Waals surface area (Å²) in [4.78, 5) is 18.7. The number of carbonyl (C=O) groups excluding carboxylic acids is 1. The van der Waals surface area contributed by atoms with Gasteiger partial charge in [0.25, 0.3) is 0 Å². The number of aliphatic hydroxyl groups excluding tert-OH is 1. The molecule has 0 saturated carbocycles. The van der Waals surface area contributed by atoms with Crippen LogP contribution in [-0.2, 0) is 17.7 Å². The molecule has 0 aliphatic carbocycles. The van der Waals surface area contributed by atoms with E-state index in [0.717, 1.165) is 18.8 Å². The summed E-state index contributed by atoms with van der Waals surface area (Å²) in [6, 6.07) is 15.8. The van der Waals surface area contributed by atoms with E-state index in [0.29, 0.717) is 18.8 Å². The van der Waals surface area contributed by atoms with E-state index in [-0.39, 0.29) is 12.0 Å². The summed E-state index contributed by atoms with van der Waals surface area (Å²) in [6.45, 7) is 7.77. The number of aliphatic hydroxyl groups is 1. The molecular weight excluding hydrogens is 354 g/mol. The molecule has 1 aliphatic heterocycles. The number of anilines is 1. The molecule has 6 heteroatoms. The molecule has 3 rings (SSSR count). The van der Waals surface area contributed by atoms with Crippen LogP contribution < -0.4 is 5.32 Å². The van der Waals surface area contributed by atoms with Crippen molar-refractivity contribution in [2.24, 2.45) is 5.92 Å². The van der Waals surface area contributed by atoms with Gasteiger partial charge in [-0.25, -0.2) is 9.78 Å². The molecule has 1 saturated heterocycles. The Kier molecular flexibility index (Phi) is 6.31. The van der Waals surface area contributed by atoms with Gasteiger partial charge in [-0.05, 0) is 44.9 Å².